The van der Waals surface area contributed by atoms with Crippen molar-refractivity contribution in [3.05, 3.63) is 25.3 Å². The van der Waals surface area contributed by atoms with Gasteiger partial charge in [-0.3, -0.25) is 14.4 Å². The van der Waals surface area contributed by atoms with E-state index in [4.69, 9.17) is 33.2 Å². The van der Waals surface area contributed by atoms with Crippen molar-refractivity contribution in [1.82, 2.24) is 0 Å². The molecule has 0 amide bonds. The third kappa shape index (κ3) is 37.1. The van der Waals surface area contributed by atoms with Gasteiger partial charge in [0.2, 0.25) is 0 Å². The van der Waals surface area contributed by atoms with Gasteiger partial charge in [0.25, 0.3) is 0 Å². The molecule has 0 aromatic carbocycles. The summed E-state index contributed by atoms with van der Waals surface area (Å²) in [5.74, 6) is -1.99. The van der Waals surface area contributed by atoms with Crippen LogP contribution in [0.25, 0.3) is 0 Å². The van der Waals surface area contributed by atoms with E-state index in [9.17, 15) is 24.0 Å². The van der Waals surface area contributed by atoms with E-state index in [1.807, 2.05) is 0 Å². The zero-order valence-electron chi connectivity index (χ0n) is 30.2. The summed E-state index contributed by atoms with van der Waals surface area (Å²) >= 11 is 0. The Balaban J connectivity index is -0.000000802. The van der Waals surface area contributed by atoms with Crippen LogP contribution in [0.3, 0.4) is 0 Å². The minimum absolute atomic E-state index is 0.126. The fraction of sp³-hybridized carbons (Fsp3) is 0.743. The normalized spacial score (nSPS) is 11.4. The first kappa shape index (κ1) is 48.1. The molecule has 0 aromatic heterocycles. The molecule has 0 rings (SSSR count). The first-order valence-corrected chi connectivity index (χ1v) is 16.5. The molecule has 0 aliphatic heterocycles. The summed E-state index contributed by atoms with van der Waals surface area (Å²) < 4.78 is 35.4. The quantitative estimate of drug-likeness (QED) is 0.0495. The van der Waals surface area contributed by atoms with Crippen LogP contribution in [0.2, 0.25) is 0 Å². The fourth-order valence-corrected chi connectivity index (χ4v) is 3.47. The molecule has 12 nitrogen and oxygen atoms in total. The van der Waals surface area contributed by atoms with Gasteiger partial charge < -0.3 is 33.2 Å². The van der Waals surface area contributed by atoms with E-state index in [0.717, 1.165) is 31.4 Å². The van der Waals surface area contributed by atoms with E-state index in [1.165, 1.54) is 6.42 Å². The van der Waals surface area contributed by atoms with Gasteiger partial charge in [-0.05, 0) is 53.4 Å². The molecule has 0 saturated carbocycles. The molecule has 0 bridgehead atoms. The molecule has 2 unspecified atom stereocenters. The molecule has 0 fully saturated rings. The van der Waals surface area contributed by atoms with Crippen LogP contribution >= 0.6 is 0 Å². The molecular weight excluding hydrogens is 612 g/mol. The number of methoxy groups -OCH3 is 2. The highest BCUT2D eigenvalue weighted by atomic mass is 16.6. The van der Waals surface area contributed by atoms with E-state index in [2.05, 4.69) is 27.0 Å². The van der Waals surface area contributed by atoms with Crippen LogP contribution in [0.15, 0.2) is 25.3 Å². The first-order chi connectivity index (χ1) is 22.3. The molecule has 0 spiro atoms. The maximum atomic E-state index is 11.7. The number of ether oxygens (including phenoxy) is 7. The number of carbonyl (C=O) groups is 5. The molecule has 0 saturated heterocycles. The Labute approximate surface area is 282 Å². The molecule has 0 radical (unpaired) electrons. The van der Waals surface area contributed by atoms with Gasteiger partial charge >= 0.3 is 29.8 Å². The lowest BCUT2D eigenvalue weighted by molar-refractivity contribution is -0.152. The van der Waals surface area contributed by atoms with Crippen LogP contribution in [0.1, 0.15) is 112 Å². The standard InChI is InChI=1S/C19H32O7.C13H22O5.C3H8/c1-5-17(20)26-16(10-11-19(22)25-15(2)3)12-14-24-18(21)9-7-6-8-13-23-4;1-5-12(14)18-11(8-9-16-4)6-7-13(15)17-10(2)3;1-3-2/h5,15-16H,1,6-14H2,2-4H3;5,10-11H,1,6-9H2,2-4H3;3H2,1-2H3. The van der Waals surface area contributed by atoms with Crippen molar-refractivity contribution in [3.8, 4) is 0 Å². The van der Waals surface area contributed by atoms with E-state index in [0.29, 0.717) is 45.3 Å². The summed E-state index contributed by atoms with van der Waals surface area (Å²) in [6, 6.07) is 0. The van der Waals surface area contributed by atoms with Crippen molar-refractivity contribution in [3.63, 3.8) is 0 Å². The lowest BCUT2D eigenvalue weighted by Gasteiger charge is -2.17. The summed E-state index contributed by atoms with van der Waals surface area (Å²) in [6.07, 6.45) is 7.06. The van der Waals surface area contributed by atoms with E-state index in [1.54, 1.807) is 41.9 Å². The van der Waals surface area contributed by atoms with Gasteiger partial charge in [-0.2, -0.15) is 0 Å². The zero-order valence-corrected chi connectivity index (χ0v) is 30.2. The van der Waals surface area contributed by atoms with E-state index in [-0.39, 0.29) is 55.7 Å². The minimum atomic E-state index is -0.573. The van der Waals surface area contributed by atoms with Gasteiger partial charge in [-0.15, -0.1) is 0 Å². The van der Waals surface area contributed by atoms with Crippen molar-refractivity contribution in [2.75, 3.05) is 34.0 Å². The highest BCUT2D eigenvalue weighted by molar-refractivity contribution is 5.81. The Morgan fingerprint density at radius 3 is 1.36 bits per heavy atom. The maximum Gasteiger partial charge on any atom is 0.330 e. The minimum Gasteiger partial charge on any atom is -0.466 e. The monoisotopic (exact) mass is 674 g/mol. The van der Waals surface area contributed by atoms with Crippen LogP contribution in [0, 0.1) is 0 Å². The van der Waals surface area contributed by atoms with Gasteiger partial charge in [-0.25, -0.2) is 9.59 Å². The maximum absolute atomic E-state index is 11.7. The van der Waals surface area contributed by atoms with Crippen LogP contribution in [0.4, 0.5) is 0 Å². The molecule has 2 atom stereocenters. The lowest BCUT2D eigenvalue weighted by Crippen LogP contribution is -2.22. The van der Waals surface area contributed by atoms with Crippen molar-refractivity contribution < 1.29 is 57.1 Å². The number of rotatable bonds is 24. The largest absolute Gasteiger partial charge is 0.466 e. The summed E-state index contributed by atoms with van der Waals surface area (Å²) in [4.78, 5) is 57.2. The van der Waals surface area contributed by atoms with Gasteiger partial charge in [-0.1, -0.05) is 39.8 Å². The Bertz CT molecular complexity index is 853. The van der Waals surface area contributed by atoms with Crippen molar-refractivity contribution in [2.45, 2.75) is 137 Å². The Morgan fingerprint density at radius 2 is 0.979 bits per heavy atom. The average Bonchev–Trinajstić information content (AvgIpc) is 3.00. The second kappa shape index (κ2) is 34.1. The number of esters is 5. The average molecular weight is 675 g/mol. The summed E-state index contributed by atoms with van der Waals surface area (Å²) in [5.41, 5.74) is 0. The van der Waals surface area contributed by atoms with Crippen molar-refractivity contribution in [2.24, 2.45) is 0 Å². The Hall–Kier alpha value is -3.25. The summed E-state index contributed by atoms with van der Waals surface area (Å²) in [5, 5.41) is 0. The van der Waals surface area contributed by atoms with Crippen LogP contribution in [0.5, 0.6) is 0 Å². The number of carbonyl (C=O) groups excluding carboxylic acids is 5. The highest BCUT2D eigenvalue weighted by Crippen LogP contribution is 2.12. The topological polar surface area (TPSA) is 150 Å². The second-order valence-electron chi connectivity index (χ2n) is 11.0. The number of unbranched alkanes of at least 4 members (excludes halogenated alkanes) is 2. The lowest BCUT2D eigenvalue weighted by atomic mass is 10.1. The summed E-state index contributed by atoms with van der Waals surface area (Å²) in [6.45, 7) is 19.3. The van der Waals surface area contributed by atoms with Gasteiger partial charge in [0.05, 0.1) is 18.8 Å². The third-order valence-electron chi connectivity index (χ3n) is 5.55. The molecule has 0 aromatic rings. The molecule has 0 heterocycles. The third-order valence-corrected chi connectivity index (χ3v) is 5.55. The molecule has 47 heavy (non-hydrogen) atoms. The molecule has 0 aliphatic carbocycles. The highest BCUT2D eigenvalue weighted by Gasteiger charge is 2.18. The van der Waals surface area contributed by atoms with Crippen molar-refractivity contribution >= 4 is 29.8 Å². The predicted octanol–water partition coefficient (Wildman–Crippen LogP) is 6.22. The van der Waals surface area contributed by atoms with Crippen LogP contribution in [-0.2, 0) is 57.1 Å². The molecule has 0 aliphatic rings. The second-order valence-corrected chi connectivity index (χ2v) is 11.0. The van der Waals surface area contributed by atoms with Crippen molar-refractivity contribution in [1.29, 1.82) is 0 Å². The Kier molecular flexibility index (Phi) is 34.9. The van der Waals surface area contributed by atoms with Gasteiger partial charge in [0.15, 0.2) is 0 Å². The Morgan fingerprint density at radius 1 is 0.553 bits per heavy atom. The molecule has 0 N–H and O–H groups in total. The van der Waals surface area contributed by atoms with E-state index < -0.39 is 18.0 Å². The molecule has 274 valence electrons. The SMILES string of the molecule is C=CC(=O)OC(CCOC(=O)CCCCCOC)CCC(=O)OC(C)C.C=CC(=O)OC(CCOC)CCC(=O)OC(C)C.CCC. The smallest absolute Gasteiger partial charge is 0.330 e. The number of hydrogen-bond donors (Lipinski definition) is 0. The fourth-order valence-electron chi connectivity index (χ4n) is 3.47. The molecule has 12 heteroatoms. The summed E-state index contributed by atoms with van der Waals surface area (Å²) in [7, 11) is 3.21. The van der Waals surface area contributed by atoms with Crippen LogP contribution in [-0.4, -0.2) is 88.3 Å². The first-order valence-electron chi connectivity index (χ1n) is 16.5. The van der Waals surface area contributed by atoms with Crippen LogP contribution < -0.4 is 0 Å². The molecular formula is C35H62O12. The van der Waals surface area contributed by atoms with E-state index >= 15 is 0 Å². The van der Waals surface area contributed by atoms with Gasteiger partial charge in [0, 0.05) is 71.7 Å². The predicted molar refractivity (Wildman–Crippen MR) is 179 cm³/mol. The van der Waals surface area contributed by atoms with Gasteiger partial charge in [0.1, 0.15) is 12.2 Å². The number of hydrogen-bond acceptors (Lipinski definition) is 12. The zero-order chi connectivity index (χ0) is 36.5.